The number of hydrogen-bond donors (Lipinski definition) is 0. The number of carbonyl (C=O) groups excluding carboxylic acids is 1. The van der Waals surface area contributed by atoms with Crippen LogP contribution >= 0.6 is 0 Å². The molecule has 0 amide bonds. The lowest BCUT2D eigenvalue weighted by Gasteiger charge is -2.19. The van der Waals surface area contributed by atoms with Crippen molar-refractivity contribution in [1.29, 1.82) is 0 Å². The Morgan fingerprint density at radius 1 is 0.488 bits per heavy atom. The van der Waals surface area contributed by atoms with Gasteiger partial charge in [0.15, 0.2) is 0 Å². The molecule has 12 heteroatoms. The van der Waals surface area contributed by atoms with Crippen LogP contribution in [-0.4, -0.2) is 144 Å². The van der Waals surface area contributed by atoms with Crippen molar-refractivity contribution in [1.82, 2.24) is 0 Å². The van der Waals surface area contributed by atoms with Gasteiger partial charge in [0, 0.05) is 6.61 Å². The molecule has 246 valence electrons. The molecule has 0 aliphatic carbocycles. The summed E-state index contributed by atoms with van der Waals surface area (Å²) in [5, 5.41) is 0. The van der Waals surface area contributed by atoms with Crippen molar-refractivity contribution in [3.05, 3.63) is 0 Å². The van der Waals surface area contributed by atoms with Gasteiger partial charge in [-0.2, -0.15) is 0 Å². The summed E-state index contributed by atoms with van der Waals surface area (Å²) in [5.41, 5.74) is -0.507. The Bertz CT molecular complexity index is 544. The van der Waals surface area contributed by atoms with Crippen LogP contribution < -0.4 is 0 Å². The van der Waals surface area contributed by atoms with Gasteiger partial charge in [0.2, 0.25) is 0 Å². The summed E-state index contributed by atoms with van der Waals surface area (Å²) in [4.78, 5) is 11.5. The van der Waals surface area contributed by atoms with E-state index in [1.165, 1.54) is 0 Å². The van der Waals surface area contributed by atoms with Crippen molar-refractivity contribution in [3.8, 4) is 0 Å². The van der Waals surface area contributed by atoms with Crippen LogP contribution in [-0.2, 0) is 56.9 Å². The third-order valence-corrected chi connectivity index (χ3v) is 5.09. The Hall–Kier alpha value is -0.930. The van der Waals surface area contributed by atoms with E-state index in [0.717, 1.165) is 13.0 Å². The predicted octanol–water partition coefficient (Wildman–Crippen LogP) is 2.54. The van der Waals surface area contributed by atoms with Gasteiger partial charge in [-0.1, -0.05) is 20.3 Å². The fraction of sp³-hybridized carbons (Fsp3) is 0.966. The molecule has 0 rings (SSSR count). The van der Waals surface area contributed by atoms with E-state index in [1.54, 1.807) is 0 Å². The lowest BCUT2D eigenvalue weighted by molar-refractivity contribution is -0.160. The largest absolute Gasteiger partial charge is 0.458 e. The van der Waals surface area contributed by atoms with Gasteiger partial charge in [-0.3, -0.25) is 0 Å². The summed E-state index contributed by atoms with van der Waals surface area (Å²) in [6.07, 6.45) is 1.13. The van der Waals surface area contributed by atoms with Crippen molar-refractivity contribution in [2.75, 3.05) is 132 Å². The van der Waals surface area contributed by atoms with Crippen LogP contribution in [0.2, 0.25) is 0 Å². The van der Waals surface area contributed by atoms with Crippen molar-refractivity contribution in [2.45, 2.75) is 46.6 Å². The molecule has 0 aromatic carbocycles. The van der Waals surface area contributed by atoms with E-state index in [1.807, 2.05) is 20.8 Å². The van der Waals surface area contributed by atoms with Crippen LogP contribution in [0.5, 0.6) is 0 Å². The van der Waals surface area contributed by atoms with Crippen molar-refractivity contribution < 1.29 is 56.9 Å². The highest BCUT2D eigenvalue weighted by Crippen LogP contribution is 2.06. The summed E-state index contributed by atoms with van der Waals surface area (Å²) < 4.78 is 59.4. The van der Waals surface area contributed by atoms with E-state index in [4.69, 9.17) is 52.1 Å². The van der Waals surface area contributed by atoms with E-state index < -0.39 is 5.60 Å². The summed E-state index contributed by atoms with van der Waals surface area (Å²) in [7, 11) is 0. The second kappa shape index (κ2) is 30.5. The summed E-state index contributed by atoms with van der Waals surface area (Å²) in [5.74, 6) is 0.212. The van der Waals surface area contributed by atoms with Gasteiger partial charge in [-0.05, 0) is 26.7 Å². The third kappa shape index (κ3) is 35.2. The number of esters is 1. The highest BCUT2D eigenvalue weighted by Gasteiger charge is 2.15. The Balaban J connectivity index is 3.11. The SMILES string of the molecule is CCC(C)COCCOCCOCCOCCOCCOCCOCCOCCOCCOCC(=O)OC(C)(C)C. The topological polar surface area (TPSA) is 119 Å². The van der Waals surface area contributed by atoms with Gasteiger partial charge in [0.25, 0.3) is 0 Å². The van der Waals surface area contributed by atoms with Crippen molar-refractivity contribution >= 4 is 5.97 Å². The quantitative estimate of drug-likeness (QED) is 0.0836. The van der Waals surface area contributed by atoms with Crippen LogP contribution in [0, 0.1) is 5.92 Å². The van der Waals surface area contributed by atoms with Gasteiger partial charge < -0.3 is 52.1 Å². The minimum absolute atomic E-state index is 0.0792. The van der Waals surface area contributed by atoms with Crippen LogP contribution in [0.15, 0.2) is 0 Å². The molecule has 41 heavy (non-hydrogen) atoms. The van der Waals surface area contributed by atoms with Crippen molar-refractivity contribution in [2.24, 2.45) is 5.92 Å². The zero-order valence-corrected chi connectivity index (χ0v) is 26.3. The summed E-state index contributed by atoms with van der Waals surface area (Å²) >= 11 is 0. The molecule has 0 radical (unpaired) electrons. The third-order valence-electron chi connectivity index (χ3n) is 5.09. The van der Waals surface area contributed by atoms with Gasteiger partial charge >= 0.3 is 5.97 Å². The maximum Gasteiger partial charge on any atom is 0.332 e. The zero-order valence-electron chi connectivity index (χ0n) is 26.3. The van der Waals surface area contributed by atoms with Crippen LogP contribution in [0.1, 0.15) is 41.0 Å². The summed E-state index contributed by atoms with van der Waals surface area (Å²) in [6.45, 7) is 19.5. The van der Waals surface area contributed by atoms with E-state index >= 15 is 0 Å². The van der Waals surface area contributed by atoms with E-state index in [9.17, 15) is 4.79 Å². The second-order valence-electron chi connectivity index (χ2n) is 10.1. The normalized spacial score (nSPS) is 12.6. The molecule has 0 saturated carbocycles. The van der Waals surface area contributed by atoms with Gasteiger partial charge in [0.1, 0.15) is 12.2 Å². The number of carbonyl (C=O) groups is 1. The molecular formula is C29H58O12. The first-order chi connectivity index (χ1) is 19.8. The van der Waals surface area contributed by atoms with E-state index in [2.05, 4.69) is 13.8 Å². The molecule has 0 aromatic rings. The number of ether oxygens (including phenoxy) is 11. The Kier molecular flexibility index (Phi) is 29.8. The maximum atomic E-state index is 11.5. The Morgan fingerprint density at radius 2 is 0.756 bits per heavy atom. The minimum Gasteiger partial charge on any atom is -0.458 e. The number of rotatable bonds is 32. The average Bonchev–Trinajstić information content (AvgIpc) is 2.92. The first-order valence-electron chi connectivity index (χ1n) is 14.8. The number of hydrogen-bond acceptors (Lipinski definition) is 12. The molecule has 0 spiro atoms. The zero-order chi connectivity index (χ0) is 30.3. The molecule has 0 heterocycles. The van der Waals surface area contributed by atoms with E-state index in [0.29, 0.717) is 125 Å². The Morgan fingerprint density at radius 3 is 1.02 bits per heavy atom. The summed E-state index contributed by atoms with van der Waals surface area (Å²) in [6, 6.07) is 0. The molecule has 1 atom stereocenters. The molecule has 0 N–H and O–H groups in total. The highest BCUT2D eigenvalue weighted by molar-refractivity contribution is 5.71. The molecule has 12 nitrogen and oxygen atoms in total. The monoisotopic (exact) mass is 598 g/mol. The molecule has 1 unspecified atom stereocenters. The molecule has 0 fully saturated rings. The van der Waals surface area contributed by atoms with Crippen LogP contribution in [0.25, 0.3) is 0 Å². The van der Waals surface area contributed by atoms with Gasteiger partial charge in [-0.25, -0.2) is 4.79 Å². The average molecular weight is 599 g/mol. The fourth-order valence-corrected chi connectivity index (χ4v) is 2.81. The van der Waals surface area contributed by atoms with E-state index in [-0.39, 0.29) is 12.6 Å². The Labute approximate surface area is 247 Å². The minimum atomic E-state index is -0.507. The molecule has 0 saturated heterocycles. The van der Waals surface area contributed by atoms with Crippen LogP contribution in [0.3, 0.4) is 0 Å². The molecule has 0 aliphatic heterocycles. The molecule has 0 bridgehead atoms. The lowest BCUT2D eigenvalue weighted by Crippen LogP contribution is -2.27. The maximum absolute atomic E-state index is 11.5. The van der Waals surface area contributed by atoms with Crippen LogP contribution in [0.4, 0.5) is 0 Å². The molecule has 0 aliphatic rings. The van der Waals surface area contributed by atoms with Gasteiger partial charge in [-0.15, -0.1) is 0 Å². The second-order valence-corrected chi connectivity index (χ2v) is 10.1. The van der Waals surface area contributed by atoms with Crippen molar-refractivity contribution in [3.63, 3.8) is 0 Å². The smallest absolute Gasteiger partial charge is 0.332 e. The molecule has 0 aromatic heterocycles. The highest BCUT2D eigenvalue weighted by atomic mass is 16.6. The van der Waals surface area contributed by atoms with Gasteiger partial charge in [0.05, 0.1) is 119 Å². The first kappa shape index (κ1) is 40.1. The predicted molar refractivity (Wildman–Crippen MR) is 153 cm³/mol. The first-order valence-corrected chi connectivity index (χ1v) is 14.8. The fourth-order valence-electron chi connectivity index (χ4n) is 2.81. The molecular weight excluding hydrogens is 540 g/mol. The lowest BCUT2D eigenvalue weighted by atomic mass is 10.1. The standard InChI is InChI=1S/C29H58O12/c1-6-27(2)25-39-23-21-37-19-17-35-15-13-33-11-9-31-7-8-32-10-12-34-14-16-36-18-20-38-22-24-40-26-28(30)41-29(3,4)5/h27H,6-26H2,1-5H3.